The number of benzene rings is 1. The summed E-state index contributed by atoms with van der Waals surface area (Å²) in [7, 11) is 0. The van der Waals surface area contributed by atoms with Crippen molar-refractivity contribution in [1.29, 1.82) is 0 Å². The van der Waals surface area contributed by atoms with Crippen LogP contribution in [0.1, 0.15) is 44.6 Å². The Balaban J connectivity index is 0.00000192. The maximum atomic E-state index is 12.8. The lowest BCUT2D eigenvalue weighted by atomic mass is 9.98. The van der Waals surface area contributed by atoms with Crippen LogP contribution in [0.2, 0.25) is 0 Å². The predicted octanol–water partition coefficient (Wildman–Crippen LogP) is 3.23. The van der Waals surface area contributed by atoms with Crippen LogP contribution >= 0.6 is 12.4 Å². The topological polar surface area (TPSA) is 49.6 Å². The fourth-order valence-corrected chi connectivity index (χ4v) is 3.90. The van der Waals surface area contributed by atoms with E-state index in [0.29, 0.717) is 12.6 Å². The van der Waals surface area contributed by atoms with Crippen LogP contribution in [0.25, 0.3) is 0 Å². The first-order valence-corrected chi connectivity index (χ1v) is 8.62. The van der Waals surface area contributed by atoms with E-state index < -0.39 is 0 Å². The molecular formula is C18H28ClN3O. The molecule has 1 amide bonds. The molecule has 128 valence electrons. The van der Waals surface area contributed by atoms with Gasteiger partial charge in [-0.3, -0.25) is 4.79 Å². The van der Waals surface area contributed by atoms with Gasteiger partial charge in [-0.05, 0) is 56.2 Å². The van der Waals surface area contributed by atoms with Gasteiger partial charge < -0.3 is 15.5 Å². The molecule has 2 N–H and O–H groups in total. The summed E-state index contributed by atoms with van der Waals surface area (Å²) in [5, 5.41) is 0. The number of anilines is 2. The zero-order valence-corrected chi connectivity index (χ0v) is 14.8. The van der Waals surface area contributed by atoms with E-state index in [2.05, 4.69) is 22.8 Å². The van der Waals surface area contributed by atoms with E-state index >= 15 is 0 Å². The molecule has 2 heterocycles. The van der Waals surface area contributed by atoms with Crippen LogP contribution in [0, 0.1) is 0 Å². The highest BCUT2D eigenvalue weighted by molar-refractivity contribution is 5.85. The van der Waals surface area contributed by atoms with Gasteiger partial charge in [0.15, 0.2) is 0 Å². The highest BCUT2D eigenvalue weighted by atomic mass is 35.5. The number of rotatable bonds is 3. The molecule has 1 fully saturated rings. The van der Waals surface area contributed by atoms with Gasteiger partial charge in [0.2, 0.25) is 5.91 Å². The number of carbonyl (C=O) groups is 1. The van der Waals surface area contributed by atoms with Gasteiger partial charge >= 0.3 is 0 Å². The van der Waals surface area contributed by atoms with Gasteiger partial charge in [0.1, 0.15) is 0 Å². The van der Waals surface area contributed by atoms with E-state index in [-0.39, 0.29) is 18.3 Å². The Bertz CT molecular complexity index is 549. The number of nitrogens with zero attached hydrogens (tertiary/aromatic N) is 2. The predicted molar refractivity (Wildman–Crippen MR) is 98.3 cm³/mol. The lowest BCUT2D eigenvalue weighted by molar-refractivity contribution is -0.133. The van der Waals surface area contributed by atoms with Crippen LogP contribution in [0.5, 0.6) is 0 Å². The Morgan fingerprint density at radius 3 is 2.87 bits per heavy atom. The van der Waals surface area contributed by atoms with Gasteiger partial charge in [-0.15, -0.1) is 12.4 Å². The summed E-state index contributed by atoms with van der Waals surface area (Å²) in [6.45, 7) is 4.56. The summed E-state index contributed by atoms with van der Waals surface area (Å²) in [4.78, 5) is 17.1. The minimum absolute atomic E-state index is 0. The number of nitrogen functional groups attached to an aromatic ring is 1. The number of amides is 1. The molecule has 0 saturated carbocycles. The fraction of sp³-hybridized carbons (Fsp3) is 0.611. The third kappa shape index (κ3) is 3.74. The Morgan fingerprint density at radius 2 is 2.09 bits per heavy atom. The third-order valence-electron chi connectivity index (χ3n) is 5.13. The molecule has 0 spiro atoms. The van der Waals surface area contributed by atoms with E-state index in [4.69, 9.17) is 5.73 Å². The number of likely N-dealkylation sites (tertiary alicyclic amines) is 1. The van der Waals surface area contributed by atoms with Crippen LogP contribution in [0.3, 0.4) is 0 Å². The number of hydrogen-bond donors (Lipinski definition) is 1. The van der Waals surface area contributed by atoms with Gasteiger partial charge in [-0.1, -0.05) is 13.0 Å². The molecule has 1 unspecified atom stereocenters. The molecule has 1 saturated heterocycles. The van der Waals surface area contributed by atoms with Crippen molar-refractivity contribution in [3.63, 3.8) is 0 Å². The first-order valence-electron chi connectivity index (χ1n) is 8.62. The van der Waals surface area contributed by atoms with Crippen molar-refractivity contribution in [2.24, 2.45) is 0 Å². The summed E-state index contributed by atoms with van der Waals surface area (Å²) in [6, 6.07) is 6.49. The Morgan fingerprint density at radius 1 is 1.26 bits per heavy atom. The molecule has 1 atom stereocenters. The monoisotopic (exact) mass is 337 g/mol. The molecule has 1 aromatic rings. The number of fused-ring (bicyclic) bond motifs is 1. The molecule has 23 heavy (non-hydrogen) atoms. The van der Waals surface area contributed by atoms with E-state index in [1.807, 2.05) is 12.1 Å². The van der Waals surface area contributed by atoms with Crippen molar-refractivity contribution in [1.82, 2.24) is 4.90 Å². The van der Waals surface area contributed by atoms with Crippen molar-refractivity contribution < 1.29 is 4.79 Å². The van der Waals surface area contributed by atoms with Crippen molar-refractivity contribution in [3.05, 3.63) is 23.8 Å². The summed E-state index contributed by atoms with van der Waals surface area (Å²) in [6.07, 6.45) is 6.72. The average Bonchev–Trinajstić information content (AvgIpc) is 2.55. The van der Waals surface area contributed by atoms with Gasteiger partial charge in [0.05, 0.1) is 6.54 Å². The molecule has 2 aliphatic rings. The van der Waals surface area contributed by atoms with E-state index in [1.54, 1.807) is 0 Å². The molecular weight excluding hydrogens is 310 g/mol. The molecule has 0 aliphatic carbocycles. The fourth-order valence-electron chi connectivity index (χ4n) is 3.90. The highest BCUT2D eigenvalue weighted by Gasteiger charge is 2.28. The largest absolute Gasteiger partial charge is 0.398 e. The second-order valence-corrected chi connectivity index (χ2v) is 6.52. The van der Waals surface area contributed by atoms with Crippen LogP contribution in [0.4, 0.5) is 11.4 Å². The van der Waals surface area contributed by atoms with Crippen molar-refractivity contribution in [2.75, 3.05) is 30.3 Å². The standard InChI is InChI=1S/C18H27N3O.ClH/c1-2-14-7-3-4-12-21(14)18(22)13-20-11-6-8-15-16(19)9-5-10-17(15)20;/h5,9-10,14H,2-4,6-8,11-13,19H2,1H3;1H. The molecule has 4 nitrogen and oxygen atoms in total. The summed E-state index contributed by atoms with van der Waals surface area (Å²) < 4.78 is 0. The quantitative estimate of drug-likeness (QED) is 0.861. The zero-order chi connectivity index (χ0) is 15.5. The smallest absolute Gasteiger partial charge is 0.242 e. The number of piperidine rings is 1. The van der Waals surface area contributed by atoms with Crippen molar-refractivity contribution >= 4 is 29.7 Å². The van der Waals surface area contributed by atoms with Gasteiger partial charge in [0.25, 0.3) is 0 Å². The third-order valence-corrected chi connectivity index (χ3v) is 5.13. The van der Waals surface area contributed by atoms with Crippen molar-refractivity contribution in [3.8, 4) is 0 Å². The minimum Gasteiger partial charge on any atom is -0.398 e. The second kappa shape index (κ2) is 7.91. The first-order chi connectivity index (χ1) is 10.7. The molecule has 2 aliphatic heterocycles. The lowest BCUT2D eigenvalue weighted by Gasteiger charge is -2.38. The van der Waals surface area contributed by atoms with Crippen LogP contribution in [0.15, 0.2) is 18.2 Å². The average molecular weight is 338 g/mol. The summed E-state index contributed by atoms with van der Waals surface area (Å²) >= 11 is 0. The van der Waals surface area contributed by atoms with E-state index in [1.165, 1.54) is 12.0 Å². The Labute approximate surface area is 145 Å². The zero-order valence-electron chi connectivity index (χ0n) is 14.0. The summed E-state index contributed by atoms with van der Waals surface area (Å²) in [5.41, 5.74) is 9.33. The maximum Gasteiger partial charge on any atom is 0.242 e. The van der Waals surface area contributed by atoms with Crippen LogP contribution in [-0.2, 0) is 11.2 Å². The second-order valence-electron chi connectivity index (χ2n) is 6.52. The van der Waals surface area contributed by atoms with Gasteiger partial charge in [0, 0.05) is 30.5 Å². The van der Waals surface area contributed by atoms with Crippen LogP contribution in [-0.4, -0.2) is 36.5 Å². The molecule has 0 aromatic heterocycles. The summed E-state index contributed by atoms with van der Waals surface area (Å²) in [5.74, 6) is 0.279. The lowest BCUT2D eigenvalue weighted by Crippen LogP contribution is -2.48. The minimum atomic E-state index is 0. The Kier molecular flexibility index (Phi) is 6.17. The molecule has 0 bridgehead atoms. The number of nitrogens with two attached hydrogens (primary N) is 1. The number of hydrogen-bond acceptors (Lipinski definition) is 3. The number of halogens is 1. The molecule has 3 rings (SSSR count). The molecule has 0 radical (unpaired) electrons. The van der Waals surface area contributed by atoms with Gasteiger partial charge in [-0.2, -0.15) is 0 Å². The maximum absolute atomic E-state index is 12.8. The van der Waals surface area contributed by atoms with Crippen molar-refractivity contribution in [2.45, 2.75) is 51.5 Å². The molecule has 5 heteroatoms. The van der Waals surface area contributed by atoms with Crippen LogP contribution < -0.4 is 10.6 Å². The normalized spacial score (nSPS) is 20.7. The van der Waals surface area contributed by atoms with Gasteiger partial charge in [-0.25, -0.2) is 0 Å². The SMILES string of the molecule is CCC1CCCCN1C(=O)CN1CCCc2c(N)cccc21.Cl. The van der Waals surface area contributed by atoms with E-state index in [9.17, 15) is 4.79 Å². The molecule has 1 aromatic carbocycles. The Hall–Kier alpha value is -1.42. The first kappa shape index (κ1) is 17.9. The highest BCUT2D eigenvalue weighted by Crippen LogP contribution is 2.31. The van der Waals surface area contributed by atoms with E-state index in [0.717, 1.165) is 56.6 Å². The number of carbonyl (C=O) groups excluding carboxylic acids is 1.